The van der Waals surface area contributed by atoms with Gasteiger partial charge in [0.2, 0.25) is 0 Å². The second-order valence-electron chi connectivity index (χ2n) is 4.82. The normalized spacial score (nSPS) is 14.3. The maximum absolute atomic E-state index is 6.18. The number of nitrogens with one attached hydrogen (secondary N) is 1. The van der Waals surface area contributed by atoms with E-state index < -0.39 is 0 Å². The number of anilines is 1. The van der Waals surface area contributed by atoms with E-state index in [0.29, 0.717) is 18.2 Å². The molecule has 0 aliphatic carbocycles. The van der Waals surface area contributed by atoms with Crippen LogP contribution in [-0.2, 0) is 4.74 Å². The monoisotopic (exact) mass is 279 g/mol. The maximum atomic E-state index is 6.18. The molecular formula is C14H18ClN3O. The van der Waals surface area contributed by atoms with Crippen molar-refractivity contribution >= 4 is 28.2 Å². The number of hydrogen-bond donors (Lipinski definition) is 2. The van der Waals surface area contributed by atoms with Gasteiger partial charge in [0, 0.05) is 25.2 Å². The lowest BCUT2D eigenvalue weighted by molar-refractivity contribution is 0.153. The van der Waals surface area contributed by atoms with Gasteiger partial charge in [-0.2, -0.15) is 0 Å². The van der Waals surface area contributed by atoms with Gasteiger partial charge in [-0.3, -0.25) is 4.98 Å². The van der Waals surface area contributed by atoms with E-state index in [2.05, 4.69) is 10.3 Å². The van der Waals surface area contributed by atoms with Gasteiger partial charge in [0.1, 0.15) is 0 Å². The first-order chi connectivity index (χ1) is 9.09. The topological polar surface area (TPSA) is 60.2 Å². The van der Waals surface area contributed by atoms with Crippen molar-refractivity contribution in [1.82, 2.24) is 4.98 Å². The highest BCUT2D eigenvalue weighted by Crippen LogP contribution is 2.29. The first kappa shape index (κ1) is 14.1. The molecule has 5 heteroatoms. The molecule has 0 fully saturated rings. The summed E-state index contributed by atoms with van der Waals surface area (Å²) in [7, 11) is 1.66. The highest BCUT2D eigenvalue weighted by atomic mass is 35.5. The number of halogens is 1. The molecule has 0 aliphatic heterocycles. The molecule has 0 aliphatic rings. The zero-order chi connectivity index (χ0) is 13.9. The molecule has 19 heavy (non-hydrogen) atoms. The number of hydrogen-bond acceptors (Lipinski definition) is 4. The summed E-state index contributed by atoms with van der Waals surface area (Å²) in [5.41, 5.74) is 7.23. The van der Waals surface area contributed by atoms with E-state index in [1.165, 1.54) is 0 Å². The fourth-order valence-electron chi connectivity index (χ4n) is 2.03. The summed E-state index contributed by atoms with van der Waals surface area (Å²) in [6.07, 6.45) is 1.75. The molecule has 1 aromatic carbocycles. The van der Waals surface area contributed by atoms with E-state index in [-0.39, 0.29) is 5.54 Å². The van der Waals surface area contributed by atoms with E-state index in [0.717, 1.165) is 16.6 Å². The minimum atomic E-state index is -0.340. The van der Waals surface area contributed by atoms with Crippen molar-refractivity contribution < 1.29 is 4.74 Å². The number of methoxy groups -OCH3 is 1. The van der Waals surface area contributed by atoms with Gasteiger partial charge >= 0.3 is 0 Å². The Kier molecular flexibility index (Phi) is 4.24. The Labute approximate surface area is 117 Å². The third-order valence-corrected chi connectivity index (χ3v) is 3.40. The molecule has 1 heterocycles. The minimum Gasteiger partial charge on any atom is -0.382 e. The number of nitrogens with zero attached hydrogens (tertiary/aromatic N) is 1. The first-order valence-corrected chi connectivity index (χ1v) is 6.48. The molecule has 0 radical (unpaired) electrons. The second-order valence-corrected chi connectivity index (χ2v) is 5.22. The molecule has 0 saturated heterocycles. The fourth-order valence-corrected chi connectivity index (χ4v) is 2.24. The molecule has 0 bridgehead atoms. The number of ether oxygens (including phenoxy) is 1. The predicted molar refractivity (Wildman–Crippen MR) is 79.7 cm³/mol. The molecule has 0 saturated carbocycles. The lowest BCUT2D eigenvalue weighted by Crippen LogP contribution is -2.46. The minimum absolute atomic E-state index is 0.340. The van der Waals surface area contributed by atoms with Gasteiger partial charge in [-0.05, 0) is 31.2 Å². The van der Waals surface area contributed by atoms with E-state index >= 15 is 0 Å². The van der Waals surface area contributed by atoms with Gasteiger partial charge in [-0.15, -0.1) is 0 Å². The van der Waals surface area contributed by atoms with Crippen molar-refractivity contribution in [3.8, 4) is 0 Å². The van der Waals surface area contributed by atoms with Gasteiger partial charge in [-0.1, -0.05) is 11.6 Å². The SMILES string of the molecule is COCC(C)(CN)Nc1ccc(Cl)c2cccnc12. The van der Waals surface area contributed by atoms with Crippen molar-refractivity contribution in [1.29, 1.82) is 0 Å². The highest BCUT2D eigenvalue weighted by molar-refractivity contribution is 6.35. The van der Waals surface area contributed by atoms with Crippen LogP contribution >= 0.6 is 11.6 Å². The van der Waals surface area contributed by atoms with Crippen LogP contribution < -0.4 is 11.1 Å². The van der Waals surface area contributed by atoms with Gasteiger partial charge in [-0.25, -0.2) is 0 Å². The fraction of sp³-hybridized carbons (Fsp3) is 0.357. The standard InChI is InChI=1S/C14H18ClN3O/c1-14(8-16,9-19-2)18-12-6-5-11(15)10-4-3-7-17-13(10)12/h3-7,18H,8-9,16H2,1-2H3. The average Bonchev–Trinajstić information content (AvgIpc) is 2.43. The van der Waals surface area contributed by atoms with Crippen molar-refractivity contribution in [3.63, 3.8) is 0 Å². The molecule has 0 amide bonds. The second kappa shape index (κ2) is 5.74. The summed E-state index contributed by atoms with van der Waals surface area (Å²) in [6, 6.07) is 7.60. The third kappa shape index (κ3) is 2.97. The predicted octanol–water partition coefficient (Wildman–Crippen LogP) is 2.66. The van der Waals surface area contributed by atoms with Crippen molar-refractivity contribution in [2.45, 2.75) is 12.5 Å². The van der Waals surface area contributed by atoms with Crippen molar-refractivity contribution in [2.24, 2.45) is 5.73 Å². The Morgan fingerprint density at radius 3 is 2.89 bits per heavy atom. The molecule has 1 unspecified atom stereocenters. The summed E-state index contributed by atoms with van der Waals surface area (Å²) < 4.78 is 5.22. The van der Waals surface area contributed by atoms with Gasteiger partial charge in [0.15, 0.2) is 0 Å². The van der Waals surface area contributed by atoms with Crippen LogP contribution in [0.5, 0.6) is 0 Å². The summed E-state index contributed by atoms with van der Waals surface area (Å²) in [5, 5.41) is 5.02. The molecule has 2 rings (SSSR count). The van der Waals surface area contributed by atoms with Gasteiger partial charge in [0.05, 0.1) is 28.4 Å². The molecule has 102 valence electrons. The number of nitrogens with two attached hydrogens (primary N) is 1. The molecule has 2 aromatic rings. The largest absolute Gasteiger partial charge is 0.382 e. The Balaban J connectivity index is 2.43. The lowest BCUT2D eigenvalue weighted by atomic mass is 10.0. The van der Waals surface area contributed by atoms with Crippen molar-refractivity contribution in [3.05, 3.63) is 35.5 Å². The van der Waals surface area contributed by atoms with Crippen LogP contribution in [0.3, 0.4) is 0 Å². The molecule has 0 spiro atoms. The third-order valence-electron chi connectivity index (χ3n) is 3.07. The first-order valence-electron chi connectivity index (χ1n) is 6.10. The van der Waals surface area contributed by atoms with Crippen LogP contribution in [0.2, 0.25) is 5.02 Å². The Bertz CT molecular complexity index is 576. The van der Waals surface area contributed by atoms with Crippen LogP contribution in [0.15, 0.2) is 30.5 Å². The van der Waals surface area contributed by atoms with Crippen LogP contribution in [0.1, 0.15) is 6.92 Å². The van der Waals surface area contributed by atoms with Crippen molar-refractivity contribution in [2.75, 3.05) is 25.6 Å². The lowest BCUT2D eigenvalue weighted by Gasteiger charge is -2.30. The summed E-state index contributed by atoms with van der Waals surface area (Å²) in [5.74, 6) is 0. The number of fused-ring (bicyclic) bond motifs is 1. The number of aromatic nitrogens is 1. The quantitative estimate of drug-likeness (QED) is 0.883. The summed E-state index contributed by atoms with van der Waals surface area (Å²) >= 11 is 6.18. The Hall–Kier alpha value is -1.36. The van der Waals surface area contributed by atoms with Gasteiger partial charge in [0.25, 0.3) is 0 Å². The van der Waals surface area contributed by atoms with Crippen LogP contribution in [0, 0.1) is 0 Å². The number of benzene rings is 1. The summed E-state index contributed by atoms with van der Waals surface area (Å²) in [6.45, 7) is 2.98. The van der Waals surface area contributed by atoms with E-state index in [9.17, 15) is 0 Å². The number of pyridine rings is 1. The molecule has 3 N–H and O–H groups in total. The average molecular weight is 280 g/mol. The van der Waals surface area contributed by atoms with E-state index in [1.807, 2.05) is 31.2 Å². The zero-order valence-corrected chi connectivity index (χ0v) is 11.9. The molecule has 4 nitrogen and oxygen atoms in total. The molecule has 1 aromatic heterocycles. The van der Waals surface area contributed by atoms with Crippen LogP contribution in [0.25, 0.3) is 10.9 Å². The Morgan fingerprint density at radius 2 is 2.21 bits per heavy atom. The smallest absolute Gasteiger partial charge is 0.0948 e. The summed E-state index contributed by atoms with van der Waals surface area (Å²) in [4.78, 5) is 4.39. The van der Waals surface area contributed by atoms with E-state index in [1.54, 1.807) is 13.3 Å². The molecular weight excluding hydrogens is 262 g/mol. The zero-order valence-electron chi connectivity index (χ0n) is 11.1. The molecule has 1 atom stereocenters. The van der Waals surface area contributed by atoms with E-state index in [4.69, 9.17) is 22.1 Å². The van der Waals surface area contributed by atoms with Crippen LogP contribution in [0.4, 0.5) is 5.69 Å². The number of rotatable bonds is 5. The van der Waals surface area contributed by atoms with Gasteiger partial charge < -0.3 is 15.8 Å². The maximum Gasteiger partial charge on any atom is 0.0948 e. The highest BCUT2D eigenvalue weighted by Gasteiger charge is 2.23. The van der Waals surface area contributed by atoms with Crippen LogP contribution in [-0.4, -0.2) is 30.8 Å². The Morgan fingerprint density at radius 1 is 1.42 bits per heavy atom.